The lowest BCUT2D eigenvalue weighted by Gasteiger charge is -2.12. The van der Waals surface area contributed by atoms with Gasteiger partial charge in [-0.15, -0.1) is 0 Å². The Bertz CT molecular complexity index is 949. The van der Waals surface area contributed by atoms with E-state index in [1.165, 1.54) is 23.7 Å². The van der Waals surface area contributed by atoms with Gasteiger partial charge in [0.1, 0.15) is 11.5 Å². The normalized spacial score (nSPS) is 11.5. The van der Waals surface area contributed by atoms with E-state index in [1.54, 1.807) is 0 Å². The van der Waals surface area contributed by atoms with Crippen LogP contribution in [-0.2, 0) is 17.4 Å². The number of nitro groups is 1. The van der Waals surface area contributed by atoms with Crippen molar-refractivity contribution in [2.24, 2.45) is 0 Å². The number of hydrogen-bond donors (Lipinski definition) is 1. The third-order valence-corrected chi connectivity index (χ3v) is 4.07. The predicted octanol–water partition coefficient (Wildman–Crippen LogP) is 5.47. The van der Waals surface area contributed by atoms with Gasteiger partial charge in [0.15, 0.2) is 0 Å². The number of ether oxygens (including phenoxy) is 1. The number of rotatable bonds is 7. The molecule has 0 aliphatic carbocycles. The van der Waals surface area contributed by atoms with Crippen molar-refractivity contribution in [3.8, 4) is 11.5 Å². The molecule has 0 unspecified atom stereocenters. The first-order valence-electron chi connectivity index (χ1n) is 7.95. The average molecular weight is 449 g/mol. The van der Waals surface area contributed by atoms with E-state index >= 15 is 0 Å². The van der Waals surface area contributed by atoms with Crippen LogP contribution in [0.3, 0.4) is 0 Å². The van der Waals surface area contributed by atoms with Gasteiger partial charge in [-0.05, 0) is 30.3 Å². The zero-order valence-corrected chi connectivity index (χ0v) is 16.0. The Morgan fingerprint density at radius 3 is 2.55 bits per heavy atom. The van der Waals surface area contributed by atoms with E-state index in [0.717, 1.165) is 18.2 Å². The molecule has 2 aromatic rings. The quantitative estimate of drug-likeness (QED) is 0.449. The molecule has 154 valence electrons. The first kappa shape index (κ1) is 22.5. The van der Waals surface area contributed by atoms with Crippen molar-refractivity contribution in [2.75, 3.05) is 6.54 Å². The van der Waals surface area contributed by atoms with E-state index in [-0.39, 0.29) is 40.7 Å². The summed E-state index contributed by atoms with van der Waals surface area (Å²) in [5.74, 6) is -0.496. The van der Waals surface area contributed by atoms with Crippen LogP contribution < -0.4 is 10.1 Å². The zero-order chi connectivity index (χ0) is 21.6. The van der Waals surface area contributed by atoms with Gasteiger partial charge in [0.05, 0.1) is 21.9 Å². The molecule has 0 saturated carbocycles. The Hall–Kier alpha value is -2.78. The fraction of sp³-hybridized carbons (Fsp3) is 0.167. The zero-order valence-electron chi connectivity index (χ0n) is 14.5. The van der Waals surface area contributed by atoms with Gasteiger partial charge in [-0.1, -0.05) is 29.3 Å². The fourth-order valence-corrected chi connectivity index (χ4v) is 2.59. The summed E-state index contributed by atoms with van der Waals surface area (Å²) >= 11 is 11.2. The summed E-state index contributed by atoms with van der Waals surface area (Å²) in [5, 5.41) is 13.4. The standard InChI is InChI=1S/C18H13Cl2F3N2O4/c19-6-1-7-24-17(26)9-11-8-13(3-4-15(11)25(27)28)29-16-5-2-12(10-14(16)20)18(21,22)23/h1-6,8,10H,7,9H2,(H,24,26). The van der Waals surface area contributed by atoms with Crippen molar-refractivity contribution in [1.29, 1.82) is 0 Å². The van der Waals surface area contributed by atoms with Crippen LogP contribution in [0.5, 0.6) is 11.5 Å². The van der Waals surface area contributed by atoms with Crippen molar-refractivity contribution >= 4 is 34.8 Å². The number of benzene rings is 2. The molecular weight excluding hydrogens is 436 g/mol. The monoisotopic (exact) mass is 448 g/mol. The van der Waals surface area contributed by atoms with Gasteiger partial charge >= 0.3 is 6.18 Å². The van der Waals surface area contributed by atoms with Gasteiger partial charge in [-0.2, -0.15) is 13.2 Å². The maximum Gasteiger partial charge on any atom is 0.416 e. The molecule has 0 atom stereocenters. The highest BCUT2D eigenvalue weighted by molar-refractivity contribution is 6.32. The van der Waals surface area contributed by atoms with Crippen LogP contribution in [0.1, 0.15) is 11.1 Å². The highest BCUT2D eigenvalue weighted by Gasteiger charge is 2.31. The molecule has 1 N–H and O–H groups in total. The van der Waals surface area contributed by atoms with Gasteiger partial charge in [-0.25, -0.2) is 0 Å². The fourth-order valence-electron chi connectivity index (χ4n) is 2.28. The predicted molar refractivity (Wildman–Crippen MR) is 101 cm³/mol. The number of nitrogens with zero attached hydrogens (tertiary/aromatic N) is 1. The number of nitrogens with one attached hydrogen (secondary N) is 1. The summed E-state index contributed by atoms with van der Waals surface area (Å²) in [6.45, 7) is 0.146. The van der Waals surface area contributed by atoms with Gasteiger partial charge < -0.3 is 10.1 Å². The number of carbonyl (C=O) groups is 1. The van der Waals surface area contributed by atoms with E-state index in [9.17, 15) is 28.1 Å². The summed E-state index contributed by atoms with van der Waals surface area (Å²) in [5.41, 5.74) is 0.0223. The Morgan fingerprint density at radius 2 is 1.97 bits per heavy atom. The Morgan fingerprint density at radius 1 is 1.24 bits per heavy atom. The van der Waals surface area contributed by atoms with E-state index < -0.39 is 22.6 Å². The molecule has 0 radical (unpaired) electrons. The molecule has 0 spiro atoms. The van der Waals surface area contributed by atoms with Crippen LogP contribution in [0.2, 0.25) is 5.02 Å². The summed E-state index contributed by atoms with van der Waals surface area (Å²) in [6, 6.07) is 6.19. The lowest BCUT2D eigenvalue weighted by molar-refractivity contribution is -0.385. The van der Waals surface area contributed by atoms with Gasteiger partial charge in [0.2, 0.25) is 5.91 Å². The Kier molecular flexibility index (Phi) is 7.46. The van der Waals surface area contributed by atoms with Crippen molar-refractivity contribution in [2.45, 2.75) is 12.6 Å². The van der Waals surface area contributed by atoms with Gasteiger partial charge in [0, 0.05) is 23.7 Å². The Balaban J connectivity index is 2.26. The lowest BCUT2D eigenvalue weighted by Crippen LogP contribution is -2.25. The third kappa shape index (κ3) is 6.37. The molecule has 0 bridgehead atoms. The van der Waals surface area contributed by atoms with Gasteiger partial charge in [0.25, 0.3) is 5.69 Å². The van der Waals surface area contributed by atoms with Crippen LogP contribution in [0.15, 0.2) is 48.0 Å². The molecule has 6 nitrogen and oxygen atoms in total. The second-order valence-corrected chi connectivity index (χ2v) is 6.29. The minimum absolute atomic E-state index is 0.0582. The maximum absolute atomic E-state index is 12.7. The number of nitro benzene ring substituents is 1. The molecule has 1 amide bonds. The van der Waals surface area contributed by atoms with E-state index in [0.29, 0.717) is 6.07 Å². The number of carbonyl (C=O) groups excluding carboxylic acids is 1. The molecule has 2 rings (SSSR count). The number of hydrogen-bond acceptors (Lipinski definition) is 4. The summed E-state index contributed by atoms with van der Waals surface area (Å²) in [7, 11) is 0. The minimum atomic E-state index is -4.56. The maximum atomic E-state index is 12.7. The van der Waals surface area contributed by atoms with Gasteiger partial charge in [-0.3, -0.25) is 14.9 Å². The van der Waals surface area contributed by atoms with E-state index in [4.69, 9.17) is 27.9 Å². The van der Waals surface area contributed by atoms with E-state index in [2.05, 4.69) is 5.32 Å². The van der Waals surface area contributed by atoms with Crippen molar-refractivity contribution < 1.29 is 27.6 Å². The molecule has 0 heterocycles. The Labute approximate surface area is 173 Å². The van der Waals surface area contributed by atoms with Crippen LogP contribution in [0.25, 0.3) is 0 Å². The molecule has 11 heteroatoms. The third-order valence-electron chi connectivity index (χ3n) is 3.59. The molecule has 0 aromatic heterocycles. The first-order valence-corrected chi connectivity index (χ1v) is 8.77. The molecule has 0 fully saturated rings. The highest BCUT2D eigenvalue weighted by atomic mass is 35.5. The molecule has 0 saturated heterocycles. The van der Waals surface area contributed by atoms with E-state index in [1.807, 2.05) is 0 Å². The topological polar surface area (TPSA) is 81.5 Å². The molecule has 0 aliphatic heterocycles. The van der Waals surface area contributed by atoms with Crippen LogP contribution >= 0.6 is 23.2 Å². The highest BCUT2D eigenvalue weighted by Crippen LogP contribution is 2.37. The van der Waals surface area contributed by atoms with Crippen molar-refractivity contribution in [1.82, 2.24) is 5.32 Å². The molecule has 29 heavy (non-hydrogen) atoms. The molecule has 0 aliphatic rings. The minimum Gasteiger partial charge on any atom is -0.456 e. The number of halogens is 5. The summed E-state index contributed by atoms with van der Waals surface area (Å²) in [6.07, 6.45) is -3.40. The van der Waals surface area contributed by atoms with Crippen molar-refractivity contribution in [3.63, 3.8) is 0 Å². The number of alkyl halides is 3. The second kappa shape index (κ2) is 9.62. The number of amides is 1. The smallest absolute Gasteiger partial charge is 0.416 e. The van der Waals surface area contributed by atoms with Crippen molar-refractivity contribution in [3.05, 3.63) is 74.3 Å². The summed E-state index contributed by atoms with van der Waals surface area (Å²) in [4.78, 5) is 22.5. The summed E-state index contributed by atoms with van der Waals surface area (Å²) < 4.78 is 43.6. The average Bonchev–Trinajstić information content (AvgIpc) is 2.62. The van der Waals surface area contributed by atoms with Crippen LogP contribution in [0, 0.1) is 10.1 Å². The van der Waals surface area contributed by atoms with Crippen LogP contribution in [-0.4, -0.2) is 17.4 Å². The second-order valence-electron chi connectivity index (χ2n) is 5.64. The SMILES string of the molecule is O=C(Cc1cc(Oc2ccc(C(F)(F)F)cc2Cl)ccc1[N+](=O)[O-])NCC=CCl. The largest absolute Gasteiger partial charge is 0.456 e. The lowest BCUT2D eigenvalue weighted by atomic mass is 10.1. The molecule has 2 aromatic carbocycles. The first-order chi connectivity index (χ1) is 13.6. The van der Waals surface area contributed by atoms with Crippen LogP contribution in [0.4, 0.5) is 18.9 Å². The molecular formula is C18H13Cl2F3N2O4.